The van der Waals surface area contributed by atoms with Gasteiger partial charge in [-0.25, -0.2) is 0 Å². The lowest BCUT2D eigenvalue weighted by Gasteiger charge is -2.11. The van der Waals surface area contributed by atoms with Crippen LogP contribution in [-0.2, 0) is 4.79 Å². The van der Waals surface area contributed by atoms with Crippen LogP contribution in [0.2, 0.25) is 0 Å². The Hall–Kier alpha value is -1.64. The predicted molar refractivity (Wildman–Crippen MR) is 58.7 cm³/mol. The second-order valence-electron chi connectivity index (χ2n) is 3.40. The SMILES string of the molecule is C=CCCCC(C(=O)O)c1cccnc1. The third-order valence-corrected chi connectivity index (χ3v) is 2.29. The number of aliphatic carboxylic acids is 1. The Kier molecular flexibility index (Phi) is 4.54. The molecule has 1 heterocycles. The molecular formula is C12H15NO2. The number of carboxylic acids is 1. The van der Waals surface area contributed by atoms with Crippen molar-refractivity contribution in [3.8, 4) is 0 Å². The zero-order chi connectivity index (χ0) is 11.1. The highest BCUT2D eigenvalue weighted by Crippen LogP contribution is 2.21. The summed E-state index contributed by atoms with van der Waals surface area (Å²) in [5.41, 5.74) is 0.772. The first-order valence-corrected chi connectivity index (χ1v) is 4.99. The molecule has 0 aromatic carbocycles. The van der Waals surface area contributed by atoms with E-state index in [2.05, 4.69) is 11.6 Å². The zero-order valence-corrected chi connectivity index (χ0v) is 8.60. The lowest BCUT2D eigenvalue weighted by Crippen LogP contribution is -2.11. The molecule has 0 amide bonds. The van der Waals surface area contributed by atoms with Crippen molar-refractivity contribution in [1.29, 1.82) is 0 Å². The summed E-state index contributed by atoms with van der Waals surface area (Å²) in [6.07, 6.45) is 7.40. The maximum absolute atomic E-state index is 11.0. The van der Waals surface area contributed by atoms with Crippen LogP contribution in [0.3, 0.4) is 0 Å². The molecule has 0 saturated heterocycles. The van der Waals surface area contributed by atoms with Gasteiger partial charge in [0, 0.05) is 12.4 Å². The molecule has 0 saturated carbocycles. The topological polar surface area (TPSA) is 50.2 Å². The molecule has 0 radical (unpaired) electrons. The van der Waals surface area contributed by atoms with Crippen molar-refractivity contribution in [1.82, 2.24) is 4.98 Å². The van der Waals surface area contributed by atoms with Gasteiger partial charge in [-0.05, 0) is 30.9 Å². The molecule has 1 unspecified atom stereocenters. The van der Waals surface area contributed by atoms with Crippen LogP contribution in [0.1, 0.15) is 30.7 Å². The summed E-state index contributed by atoms with van der Waals surface area (Å²) in [6, 6.07) is 3.57. The van der Waals surface area contributed by atoms with Crippen LogP contribution >= 0.6 is 0 Å². The molecule has 0 bridgehead atoms. The van der Waals surface area contributed by atoms with E-state index in [0.717, 1.165) is 18.4 Å². The molecule has 1 N–H and O–H groups in total. The maximum atomic E-state index is 11.0. The summed E-state index contributed by atoms with van der Waals surface area (Å²) >= 11 is 0. The molecule has 1 aromatic heterocycles. The van der Waals surface area contributed by atoms with Crippen LogP contribution in [-0.4, -0.2) is 16.1 Å². The van der Waals surface area contributed by atoms with Gasteiger partial charge in [0.15, 0.2) is 0 Å². The fourth-order valence-electron chi connectivity index (χ4n) is 1.48. The lowest BCUT2D eigenvalue weighted by molar-refractivity contribution is -0.139. The number of carbonyl (C=O) groups is 1. The molecule has 80 valence electrons. The fraction of sp³-hybridized carbons (Fsp3) is 0.333. The van der Waals surface area contributed by atoms with E-state index in [1.165, 1.54) is 0 Å². The van der Waals surface area contributed by atoms with E-state index in [9.17, 15) is 4.79 Å². The van der Waals surface area contributed by atoms with Gasteiger partial charge in [-0.15, -0.1) is 6.58 Å². The molecule has 3 heteroatoms. The van der Waals surface area contributed by atoms with Crippen LogP contribution < -0.4 is 0 Å². The molecule has 0 fully saturated rings. The second-order valence-corrected chi connectivity index (χ2v) is 3.40. The van der Waals surface area contributed by atoms with E-state index >= 15 is 0 Å². The summed E-state index contributed by atoms with van der Waals surface area (Å²) in [4.78, 5) is 15.0. The predicted octanol–water partition coefficient (Wildman–Crippen LogP) is 2.61. The van der Waals surface area contributed by atoms with Crippen molar-refractivity contribution in [2.24, 2.45) is 0 Å². The highest BCUT2D eigenvalue weighted by molar-refractivity contribution is 5.75. The third kappa shape index (κ3) is 3.54. The smallest absolute Gasteiger partial charge is 0.311 e. The number of aromatic nitrogens is 1. The first-order chi connectivity index (χ1) is 7.25. The Bertz CT molecular complexity index is 322. The van der Waals surface area contributed by atoms with E-state index in [4.69, 9.17) is 5.11 Å². The van der Waals surface area contributed by atoms with E-state index in [0.29, 0.717) is 6.42 Å². The third-order valence-electron chi connectivity index (χ3n) is 2.29. The van der Waals surface area contributed by atoms with E-state index in [1.54, 1.807) is 24.5 Å². The molecule has 0 aliphatic carbocycles. The highest BCUT2D eigenvalue weighted by atomic mass is 16.4. The minimum Gasteiger partial charge on any atom is -0.481 e. The van der Waals surface area contributed by atoms with Gasteiger partial charge < -0.3 is 5.11 Å². The lowest BCUT2D eigenvalue weighted by atomic mass is 9.95. The average Bonchev–Trinajstić information content (AvgIpc) is 2.25. The van der Waals surface area contributed by atoms with Crippen molar-refractivity contribution in [2.75, 3.05) is 0 Å². The van der Waals surface area contributed by atoms with Crippen molar-refractivity contribution in [2.45, 2.75) is 25.2 Å². The number of carboxylic acid groups (broad SMARTS) is 1. The Morgan fingerprint density at radius 1 is 1.67 bits per heavy atom. The van der Waals surface area contributed by atoms with Crippen molar-refractivity contribution in [3.63, 3.8) is 0 Å². The molecule has 0 aliphatic rings. The minimum atomic E-state index is -0.785. The van der Waals surface area contributed by atoms with Crippen LogP contribution in [0, 0.1) is 0 Å². The van der Waals surface area contributed by atoms with Gasteiger partial charge in [-0.3, -0.25) is 9.78 Å². The van der Waals surface area contributed by atoms with E-state index < -0.39 is 11.9 Å². The molecule has 15 heavy (non-hydrogen) atoms. The normalized spacial score (nSPS) is 12.0. The maximum Gasteiger partial charge on any atom is 0.311 e. The average molecular weight is 205 g/mol. The van der Waals surface area contributed by atoms with Gasteiger partial charge in [-0.1, -0.05) is 12.1 Å². The number of pyridine rings is 1. The van der Waals surface area contributed by atoms with Crippen molar-refractivity contribution in [3.05, 3.63) is 42.7 Å². The van der Waals surface area contributed by atoms with Gasteiger partial charge in [0.05, 0.1) is 5.92 Å². The summed E-state index contributed by atoms with van der Waals surface area (Å²) in [6.45, 7) is 3.62. The summed E-state index contributed by atoms with van der Waals surface area (Å²) in [5, 5.41) is 9.07. The number of hydrogen-bond acceptors (Lipinski definition) is 2. The fourth-order valence-corrected chi connectivity index (χ4v) is 1.48. The van der Waals surface area contributed by atoms with Gasteiger partial charge in [-0.2, -0.15) is 0 Å². The van der Waals surface area contributed by atoms with Gasteiger partial charge >= 0.3 is 5.97 Å². The van der Waals surface area contributed by atoms with Crippen molar-refractivity contribution >= 4 is 5.97 Å². The number of nitrogens with zero attached hydrogens (tertiary/aromatic N) is 1. The Labute approximate surface area is 89.5 Å². The Morgan fingerprint density at radius 2 is 2.47 bits per heavy atom. The summed E-state index contributed by atoms with van der Waals surface area (Å²) in [7, 11) is 0. The first kappa shape index (κ1) is 11.4. The Balaban J connectivity index is 2.66. The first-order valence-electron chi connectivity index (χ1n) is 4.99. The molecule has 3 nitrogen and oxygen atoms in total. The molecule has 1 aromatic rings. The van der Waals surface area contributed by atoms with E-state index in [1.807, 2.05) is 6.08 Å². The van der Waals surface area contributed by atoms with Crippen LogP contribution in [0.15, 0.2) is 37.2 Å². The number of rotatable bonds is 6. The largest absolute Gasteiger partial charge is 0.481 e. The van der Waals surface area contributed by atoms with Gasteiger partial charge in [0.25, 0.3) is 0 Å². The zero-order valence-electron chi connectivity index (χ0n) is 8.60. The quantitative estimate of drug-likeness (QED) is 0.573. The summed E-state index contributed by atoms with van der Waals surface area (Å²) < 4.78 is 0. The molecule has 0 spiro atoms. The number of hydrogen-bond donors (Lipinski definition) is 1. The second kappa shape index (κ2) is 5.96. The standard InChI is InChI=1S/C12H15NO2/c1-2-3-4-7-11(12(14)15)10-6-5-8-13-9-10/h2,5-6,8-9,11H,1,3-4,7H2,(H,14,15). The minimum absolute atomic E-state index is 0.446. The van der Waals surface area contributed by atoms with Crippen LogP contribution in [0.4, 0.5) is 0 Å². The highest BCUT2D eigenvalue weighted by Gasteiger charge is 2.18. The Morgan fingerprint density at radius 3 is 3.00 bits per heavy atom. The monoisotopic (exact) mass is 205 g/mol. The van der Waals surface area contributed by atoms with Crippen LogP contribution in [0.25, 0.3) is 0 Å². The summed E-state index contributed by atoms with van der Waals surface area (Å²) in [5.74, 6) is -1.23. The molecular weight excluding hydrogens is 190 g/mol. The van der Waals surface area contributed by atoms with Crippen molar-refractivity contribution < 1.29 is 9.90 Å². The number of unbranched alkanes of at least 4 members (excludes halogenated alkanes) is 1. The van der Waals surface area contributed by atoms with Gasteiger partial charge in [0.1, 0.15) is 0 Å². The van der Waals surface area contributed by atoms with Gasteiger partial charge in [0.2, 0.25) is 0 Å². The molecule has 0 aliphatic heterocycles. The van der Waals surface area contributed by atoms with E-state index in [-0.39, 0.29) is 0 Å². The molecule has 1 rings (SSSR count). The number of allylic oxidation sites excluding steroid dienone is 1. The molecule has 1 atom stereocenters. The van der Waals surface area contributed by atoms with Crippen LogP contribution in [0.5, 0.6) is 0 Å².